The summed E-state index contributed by atoms with van der Waals surface area (Å²) in [5.41, 5.74) is 0. The van der Waals surface area contributed by atoms with Crippen molar-refractivity contribution >= 4 is 11.9 Å². The summed E-state index contributed by atoms with van der Waals surface area (Å²) < 4.78 is 5.95. The van der Waals surface area contributed by atoms with E-state index in [1.807, 2.05) is 21.1 Å². The smallest absolute Gasteiger partial charge is 0.306 e. The van der Waals surface area contributed by atoms with Crippen molar-refractivity contribution in [1.82, 2.24) is 0 Å². The molecule has 0 aromatic rings. The van der Waals surface area contributed by atoms with Gasteiger partial charge in [0, 0.05) is 18.8 Å². The maximum atomic E-state index is 12.1. The molecule has 212 valence electrons. The lowest BCUT2D eigenvalue weighted by Crippen LogP contribution is -2.45. The fourth-order valence-electron chi connectivity index (χ4n) is 4.59. The second-order valence-electron chi connectivity index (χ2n) is 11.6. The van der Waals surface area contributed by atoms with Crippen LogP contribution >= 0.6 is 0 Å². The maximum absolute atomic E-state index is 12.1. The summed E-state index contributed by atoms with van der Waals surface area (Å²) in [6.45, 7) is 2.74. The molecule has 0 saturated heterocycles. The van der Waals surface area contributed by atoms with Gasteiger partial charge in [-0.1, -0.05) is 109 Å². The van der Waals surface area contributed by atoms with Crippen molar-refractivity contribution in [2.75, 3.05) is 27.7 Å². The molecule has 0 aromatic heterocycles. The van der Waals surface area contributed by atoms with Gasteiger partial charge < -0.3 is 19.1 Å². The number of nitrogens with zero attached hydrogens (tertiary/aromatic N) is 1. The minimum absolute atomic E-state index is 0.238. The predicted molar refractivity (Wildman–Crippen MR) is 150 cm³/mol. The average Bonchev–Trinajstić information content (AvgIpc) is 2.78. The molecule has 0 bridgehead atoms. The van der Waals surface area contributed by atoms with E-state index in [-0.39, 0.29) is 12.4 Å². The summed E-state index contributed by atoms with van der Waals surface area (Å²) in [6, 6.07) is 0. The second-order valence-corrected chi connectivity index (χ2v) is 11.6. The van der Waals surface area contributed by atoms with E-state index in [0.717, 1.165) is 19.3 Å². The largest absolute Gasteiger partial charge is 0.550 e. The number of carbonyl (C=O) groups excluding carboxylic acids is 2. The summed E-state index contributed by atoms with van der Waals surface area (Å²) in [6.07, 6.45) is 28.7. The maximum Gasteiger partial charge on any atom is 0.306 e. The van der Waals surface area contributed by atoms with E-state index < -0.39 is 12.1 Å². The lowest BCUT2D eigenvalue weighted by Gasteiger charge is -2.29. The first-order valence-corrected chi connectivity index (χ1v) is 15.1. The Morgan fingerprint density at radius 2 is 1.11 bits per heavy atom. The SMILES string of the molecule is CCCCCCCC/C=C\CCCCCCCCCCCCCC(=O)OC(CC(=O)[O-])C[N+](C)(C)C. The molecule has 0 saturated carbocycles. The second kappa shape index (κ2) is 24.0. The first kappa shape index (κ1) is 34.6. The third-order valence-electron chi connectivity index (χ3n) is 6.59. The molecule has 5 heteroatoms. The van der Waals surface area contributed by atoms with Crippen molar-refractivity contribution in [3.05, 3.63) is 12.2 Å². The Morgan fingerprint density at radius 1 is 0.694 bits per heavy atom. The van der Waals surface area contributed by atoms with Gasteiger partial charge in [-0.25, -0.2) is 0 Å². The number of quaternary nitrogens is 1. The van der Waals surface area contributed by atoms with Crippen molar-refractivity contribution < 1.29 is 23.9 Å². The Labute approximate surface area is 223 Å². The van der Waals surface area contributed by atoms with Gasteiger partial charge in [0.25, 0.3) is 0 Å². The van der Waals surface area contributed by atoms with Crippen molar-refractivity contribution in [3.63, 3.8) is 0 Å². The van der Waals surface area contributed by atoms with E-state index in [1.165, 1.54) is 103 Å². The van der Waals surface area contributed by atoms with Gasteiger partial charge in [-0.3, -0.25) is 4.79 Å². The van der Waals surface area contributed by atoms with Crippen molar-refractivity contribution in [2.45, 2.75) is 148 Å². The lowest BCUT2D eigenvalue weighted by atomic mass is 10.0. The number of carboxylic acid groups (broad SMARTS) is 1. The average molecular weight is 510 g/mol. The molecule has 0 aromatic carbocycles. The highest BCUT2D eigenvalue weighted by Gasteiger charge is 2.22. The van der Waals surface area contributed by atoms with Crippen molar-refractivity contribution in [2.24, 2.45) is 0 Å². The third kappa shape index (κ3) is 27.2. The van der Waals surface area contributed by atoms with Crippen LogP contribution in [0.1, 0.15) is 142 Å². The monoisotopic (exact) mass is 509 g/mol. The van der Waals surface area contributed by atoms with E-state index in [9.17, 15) is 14.7 Å². The van der Waals surface area contributed by atoms with Crippen LogP contribution < -0.4 is 5.11 Å². The van der Waals surface area contributed by atoms with Gasteiger partial charge in [0.1, 0.15) is 6.54 Å². The zero-order chi connectivity index (χ0) is 26.9. The van der Waals surface area contributed by atoms with E-state index >= 15 is 0 Å². The predicted octanol–water partition coefficient (Wildman–Crippen LogP) is 7.12. The van der Waals surface area contributed by atoms with Crippen LogP contribution in [0.3, 0.4) is 0 Å². The number of esters is 1. The zero-order valence-corrected chi connectivity index (χ0v) is 24.4. The Bertz CT molecular complexity index is 553. The van der Waals surface area contributed by atoms with E-state index in [1.54, 1.807) is 0 Å². The Kier molecular flexibility index (Phi) is 23.1. The molecule has 0 radical (unpaired) electrons. The molecule has 36 heavy (non-hydrogen) atoms. The number of rotatable bonds is 26. The number of ether oxygens (including phenoxy) is 1. The van der Waals surface area contributed by atoms with Crippen LogP contribution in [0.25, 0.3) is 0 Å². The quantitative estimate of drug-likeness (QED) is 0.0539. The molecule has 0 aliphatic carbocycles. The molecule has 0 rings (SSSR count). The Morgan fingerprint density at radius 3 is 1.53 bits per heavy atom. The molecular weight excluding hydrogens is 450 g/mol. The summed E-state index contributed by atoms with van der Waals surface area (Å²) >= 11 is 0. The summed E-state index contributed by atoms with van der Waals surface area (Å²) in [5.74, 6) is -1.46. The van der Waals surface area contributed by atoms with Crippen molar-refractivity contribution in [3.8, 4) is 0 Å². The summed E-state index contributed by atoms with van der Waals surface area (Å²) in [4.78, 5) is 23.0. The van der Waals surface area contributed by atoms with E-state index in [0.29, 0.717) is 17.4 Å². The molecule has 0 spiro atoms. The fourth-order valence-corrected chi connectivity index (χ4v) is 4.59. The lowest BCUT2D eigenvalue weighted by molar-refractivity contribution is -0.873. The van der Waals surface area contributed by atoms with Gasteiger partial charge >= 0.3 is 5.97 Å². The van der Waals surface area contributed by atoms with Crippen LogP contribution in [-0.4, -0.2) is 50.2 Å². The fraction of sp³-hybridized carbons (Fsp3) is 0.871. The zero-order valence-electron chi connectivity index (χ0n) is 24.4. The standard InChI is InChI=1S/C31H59NO4/c1-5-6-7-8-9-10-11-12-13-14-15-16-17-18-19-20-21-22-23-24-25-26-31(35)36-29(27-30(33)34)28-32(2,3)4/h12-13,29H,5-11,14-28H2,1-4H3/b13-12-. The van der Waals surface area contributed by atoms with Gasteiger partial charge in [0.15, 0.2) is 6.10 Å². The van der Waals surface area contributed by atoms with Gasteiger partial charge in [-0.15, -0.1) is 0 Å². The van der Waals surface area contributed by atoms with Crippen LogP contribution in [-0.2, 0) is 14.3 Å². The molecular formula is C31H59NO4. The van der Waals surface area contributed by atoms with Crippen LogP contribution in [0.4, 0.5) is 0 Å². The van der Waals surface area contributed by atoms with Crippen LogP contribution in [0.15, 0.2) is 12.2 Å². The summed E-state index contributed by atoms with van der Waals surface area (Å²) in [5, 5.41) is 10.9. The molecule has 0 aliphatic rings. The van der Waals surface area contributed by atoms with E-state index in [2.05, 4.69) is 19.1 Å². The minimum atomic E-state index is -1.17. The highest BCUT2D eigenvalue weighted by atomic mass is 16.5. The number of unbranched alkanes of at least 4 members (excludes halogenated alkanes) is 17. The summed E-state index contributed by atoms with van der Waals surface area (Å²) in [7, 11) is 5.85. The number of allylic oxidation sites excluding steroid dienone is 2. The molecule has 0 aliphatic heterocycles. The number of carbonyl (C=O) groups is 2. The first-order valence-electron chi connectivity index (χ1n) is 15.1. The molecule has 0 N–H and O–H groups in total. The minimum Gasteiger partial charge on any atom is -0.550 e. The van der Waals surface area contributed by atoms with Crippen molar-refractivity contribution in [1.29, 1.82) is 0 Å². The third-order valence-corrected chi connectivity index (χ3v) is 6.59. The van der Waals surface area contributed by atoms with Gasteiger partial charge in [-0.2, -0.15) is 0 Å². The first-order chi connectivity index (χ1) is 17.2. The Balaban J connectivity index is 3.47. The topological polar surface area (TPSA) is 66.4 Å². The molecule has 5 nitrogen and oxygen atoms in total. The number of hydrogen-bond donors (Lipinski definition) is 0. The van der Waals surface area contributed by atoms with E-state index in [4.69, 9.17) is 4.74 Å². The van der Waals surface area contributed by atoms with Gasteiger partial charge in [-0.05, 0) is 32.1 Å². The number of likely N-dealkylation sites (N-methyl/N-ethyl adjacent to an activating group) is 1. The molecule has 1 atom stereocenters. The Hall–Kier alpha value is -1.36. The van der Waals surface area contributed by atoms with Crippen LogP contribution in [0, 0.1) is 0 Å². The molecule has 0 heterocycles. The highest BCUT2D eigenvalue weighted by molar-refractivity contribution is 5.70. The molecule has 0 amide bonds. The highest BCUT2D eigenvalue weighted by Crippen LogP contribution is 2.14. The number of aliphatic carboxylic acids is 1. The molecule has 1 unspecified atom stereocenters. The van der Waals surface area contributed by atoms with Gasteiger partial charge in [0.2, 0.25) is 0 Å². The molecule has 0 fully saturated rings. The van der Waals surface area contributed by atoms with Gasteiger partial charge in [0.05, 0.1) is 21.1 Å². The van der Waals surface area contributed by atoms with Crippen LogP contribution in [0.2, 0.25) is 0 Å². The number of carboxylic acids is 1. The van der Waals surface area contributed by atoms with Crippen LogP contribution in [0.5, 0.6) is 0 Å². The number of hydrogen-bond acceptors (Lipinski definition) is 4. The normalized spacial score (nSPS) is 12.8.